The van der Waals surface area contributed by atoms with Crippen LogP contribution in [0.15, 0.2) is 25.7 Å². The van der Waals surface area contributed by atoms with Crippen LogP contribution in [0.3, 0.4) is 0 Å². The van der Waals surface area contributed by atoms with Gasteiger partial charge in [0.15, 0.2) is 0 Å². The van der Waals surface area contributed by atoms with Crippen molar-refractivity contribution in [1.82, 2.24) is 0 Å². The molecule has 0 aromatic heterocycles. The zero-order valence-corrected chi connectivity index (χ0v) is 10.4. The topological polar surface area (TPSA) is 52.6 Å². The van der Waals surface area contributed by atoms with E-state index in [1.165, 1.54) is 0 Å². The molecule has 0 aliphatic carbocycles. The largest absolute Gasteiger partial charge is 0.435 e. The van der Waals surface area contributed by atoms with Gasteiger partial charge >= 0.3 is 11.9 Å². The van der Waals surface area contributed by atoms with Crippen LogP contribution in [-0.2, 0) is 19.1 Å². The van der Waals surface area contributed by atoms with E-state index in [4.69, 9.17) is 0 Å². The second-order valence-electron chi connectivity index (χ2n) is 3.83. The minimum atomic E-state index is -0.422. The maximum atomic E-state index is 10.8. The van der Waals surface area contributed by atoms with Gasteiger partial charge in [0.05, 0.1) is 17.9 Å². The van der Waals surface area contributed by atoms with E-state index in [0.717, 1.165) is 12.5 Å². The van der Waals surface area contributed by atoms with Gasteiger partial charge in [0.2, 0.25) is 0 Å². The minimum Gasteiger partial charge on any atom is -0.435 e. The van der Waals surface area contributed by atoms with Crippen LogP contribution >= 0.6 is 0 Å². The molecule has 0 spiro atoms. The summed E-state index contributed by atoms with van der Waals surface area (Å²) in [5.41, 5.74) is -0.422. The molecule has 0 saturated heterocycles. The predicted molar refractivity (Wildman–Crippen MR) is 62.3 cm³/mol. The lowest BCUT2D eigenvalue weighted by molar-refractivity contribution is -0.146. The van der Waals surface area contributed by atoms with Gasteiger partial charge in [0.25, 0.3) is 0 Å². The fourth-order valence-corrected chi connectivity index (χ4v) is 0.429. The van der Waals surface area contributed by atoms with Crippen molar-refractivity contribution in [3.63, 3.8) is 0 Å². The molecule has 4 nitrogen and oxygen atoms in total. The molecule has 0 saturated carbocycles. The second kappa shape index (κ2) is 8.71. The van der Waals surface area contributed by atoms with Crippen LogP contribution in [0.25, 0.3) is 0 Å². The summed E-state index contributed by atoms with van der Waals surface area (Å²) in [4.78, 5) is 20.9. The summed E-state index contributed by atoms with van der Waals surface area (Å²) in [6.45, 7) is 13.6. The molecule has 0 fully saturated rings. The van der Waals surface area contributed by atoms with Gasteiger partial charge in [-0.1, -0.05) is 20.1 Å². The highest BCUT2D eigenvalue weighted by Gasteiger charge is 2.21. The Hall–Kier alpha value is -1.58. The van der Waals surface area contributed by atoms with E-state index in [-0.39, 0.29) is 11.9 Å². The summed E-state index contributed by atoms with van der Waals surface area (Å²) in [5, 5.41) is 0. The van der Waals surface area contributed by atoms with Gasteiger partial charge < -0.3 is 9.47 Å². The van der Waals surface area contributed by atoms with Gasteiger partial charge in [-0.15, -0.1) is 0 Å². The van der Waals surface area contributed by atoms with Crippen molar-refractivity contribution in [3.8, 4) is 0 Å². The fourth-order valence-electron chi connectivity index (χ4n) is 0.429. The molecule has 0 radical (unpaired) electrons. The van der Waals surface area contributed by atoms with E-state index >= 15 is 0 Å². The normalized spacial score (nSPS) is 9.25. The molecule has 0 atom stereocenters. The summed E-state index contributed by atoms with van der Waals surface area (Å²) in [6, 6.07) is 0. The van der Waals surface area contributed by atoms with Crippen LogP contribution in [0.4, 0.5) is 0 Å². The van der Waals surface area contributed by atoms with Crippen molar-refractivity contribution in [1.29, 1.82) is 0 Å². The molecule has 0 unspecified atom stereocenters. The molecule has 0 rings (SSSR count). The van der Waals surface area contributed by atoms with E-state index < -0.39 is 5.41 Å². The fraction of sp³-hybridized carbons (Fsp3) is 0.500. The number of carbonyl (C=O) groups is 2. The van der Waals surface area contributed by atoms with Crippen LogP contribution in [0.5, 0.6) is 0 Å². The first-order valence-corrected chi connectivity index (χ1v) is 4.92. The van der Waals surface area contributed by atoms with Gasteiger partial charge in [-0.25, -0.2) is 0 Å². The third-order valence-electron chi connectivity index (χ3n) is 1.31. The van der Waals surface area contributed by atoms with Gasteiger partial charge in [-0.05, 0) is 20.8 Å². The van der Waals surface area contributed by atoms with Crippen LogP contribution in [-0.4, -0.2) is 11.9 Å². The maximum absolute atomic E-state index is 10.8. The zero-order chi connectivity index (χ0) is 13.2. The molecule has 0 aliphatic rings. The molecular weight excluding hydrogens is 208 g/mol. The van der Waals surface area contributed by atoms with E-state index in [9.17, 15) is 9.59 Å². The molecule has 0 heterocycles. The summed E-state index contributed by atoms with van der Waals surface area (Å²) < 4.78 is 8.85. The van der Waals surface area contributed by atoms with Crippen molar-refractivity contribution >= 4 is 11.9 Å². The molecule has 92 valence electrons. The van der Waals surface area contributed by atoms with Gasteiger partial charge in [-0.2, -0.15) is 0 Å². The minimum absolute atomic E-state index is 0.241. The van der Waals surface area contributed by atoms with Crippen LogP contribution in [0, 0.1) is 5.41 Å². The molecule has 0 amide bonds. The third-order valence-corrected chi connectivity index (χ3v) is 1.31. The summed E-state index contributed by atoms with van der Waals surface area (Å²) in [6.07, 6.45) is 2.69. The highest BCUT2D eigenvalue weighted by molar-refractivity contribution is 5.75. The molecule has 4 heteroatoms. The van der Waals surface area contributed by atoms with E-state index in [0.29, 0.717) is 6.42 Å². The molecular formula is C12H20O4. The van der Waals surface area contributed by atoms with E-state index in [1.807, 2.05) is 0 Å². The number of hydrogen-bond acceptors (Lipinski definition) is 4. The number of esters is 2. The maximum Gasteiger partial charge on any atom is 0.316 e. The monoisotopic (exact) mass is 228 g/mol. The highest BCUT2D eigenvalue weighted by Crippen LogP contribution is 2.14. The Balaban J connectivity index is 0. The Morgan fingerprint density at radius 1 is 1.12 bits per heavy atom. The molecule has 16 heavy (non-hydrogen) atoms. The second-order valence-corrected chi connectivity index (χ2v) is 3.83. The number of hydrogen-bond donors (Lipinski definition) is 0. The molecule has 0 aromatic rings. The lowest BCUT2D eigenvalue weighted by Gasteiger charge is -2.13. The van der Waals surface area contributed by atoms with Crippen molar-refractivity contribution in [3.05, 3.63) is 25.7 Å². The SMILES string of the molecule is C=COC(=O)C(C)(C)C.C=COC(=O)CC. The Labute approximate surface area is 96.9 Å². The highest BCUT2D eigenvalue weighted by atomic mass is 16.5. The van der Waals surface area contributed by atoms with Crippen LogP contribution in [0.2, 0.25) is 0 Å². The Kier molecular flexibility index (Phi) is 9.16. The first-order chi connectivity index (χ1) is 7.29. The van der Waals surface area contributed by atoms with Crippen LogP contribution in [0.1, 0.15) is 34.1 Å². The standard InChI is InChI=1S/C7H12O2.C5H8O2/c1-5-9-6(8)7(2,3)4;1-3-5(6)7-4-2/h5H,1H2,2-4H3;4H,2-3H2,1H3. The van der Waals surface area contributed by atoms with Crippen molar-refractivity contribution in [2.24, 2.45) is 5.41 Å². The average molecular weight is 228 g/mol. The summed E-state index contributed by atoms with van der Waals surface area (Å²) in [5.74, 6) is -0.493. The Morgan fingerprint density at radius 3 is 1.69 bits per heavy atom. The lowest BCUT2D eigenvalue weighted by Crippen LogP contribution is -2.20. The third kappa shape index (κ3) is 10.5. The average Bonchev–Trinajstić information content (AvgIpc) is 2.18. The van der Waals surface area contributed by atoms with Gasteiger partial charge in [-0.3, -0.25) is 9.59 Å². The van der Waals surface area contributed by atoms with Gasteiger partial charge in [0, 0.05) is 6.42 Å². The number of ether oxygens (including phenoxy) is 2. The van der Waals surface area contributed by atoms with Crippen molar-refractivity contribution < 1.29 is 19.1 Å². The summed E-state index contributed by atoms with van der Waals surface area (Å²) >= 11 is 0. The smallest absolute Gasteiger partial charge is 0.316 e. The van der Waals surface area contributed by atoms with Crippen molar-refractivity contribution in [2.75, 3.05) is 0 Å². The van der Waals surface area contributed by atoms with E-state index in [2.05, 4.69) is 22.6 Å². The quantitative estimate of drug-likeness (QED) is 0.550. The van der Waals surface area contributed by atoms with E-state index in [1.54, 1.807) is 27.7 Å². The first-order valence-electron chi connectivity index (χ1n) is 4.92. The lowest BCUT2D eigenvalue weighted by atomic mass is 9.98. The molecule has 0 N–H and O–H groups in total. The van der Waals surface area contributed by atoms with Gasteiger partial charge in [0.1, 0.15) is 0 Å². The molecule has 0 aromatic carbocycles. The zero-order valence-electron chi connectivity index (χ0n) is 10.4. The Morgan fingerprint density at radius 2 is 1.56 bits per heavy atom. The molecule has 0 bridgehead atoms. The molecule has 0 aliphatic heterocycles. The van der Waals surface area contributed by atoms with Crippen LogP contribution < -0.4 is 0 Å². The number of rotatable bonds is 3. The summed E-state index contributed by atoms with van der Waals surface area (Å²) in [7, 11) is 0. The first kappa shape index (κ1) is 16.8. The number of carbonyl (C=O) groups excluding carboxylic acids is 2. The van der Waals surface area contributed by atoms with Crippen molar-refractivity contribution in [2.45, 2.75) is 34.1 Å². The Bertz CT molecular complexity index is 248. The predicted octanol–water partition coefficient (Wildman–Crippen LogP) is 2.80.